The summed E-state index contributed by atoms with van der Waals surface area (Å²) < 4.78 is 0. The van der Waals surface area contributed by atoms with Gasteiger partial charge in [0.05, 0.1) is 0 Å². The van der Waals surface area contributed by atoms with Crippen molar-refractivity contribution in [3.05, 3.63) is 95.1 Å². The molecule has 3 rings (SSSR count). The second kappa shape index (κ2) is 9.93. The molecule has 0 aliphatic heterocycles. The summed E-state index contributed by atoms with van der Waals surface area (Å²) in [6, 6.07) is 25.5. The van der Waals surface area contributed by atoms with E-state index in [0.717, 1.165) is 28.2 Å². The lowest BCUT2D eigenvalue weighted by atomic mass is 10.1. The maximum atomic E-state index is 12.2. The van der Waals surface area contributed by atoms with Gasteiger partial charge in [-0.1, -0.05) is 54.4 Å². The van der Waals surface area contributed by atoms with E-state index >= 15 is 0 Å². The lowest BCUT2D eigenvalue weighted by Crippen LogP contribution is -2.24. The second-order valence-electron chi connectivity index (χ2n) is 7.48. The largest absolute Gasteiger partial charge is 0.353 e. The Morgan fingerprint density at radius 3 is 1.60 bits per heavy atom. The highest BCUT2D eigenvalue weighted by Crippen LogP contribution is 2.34. The van der Waals surface area contributed by atoms with Crippen molar-refractivity contribution >= 4 is 29.0 Å². The summed E-state index contributed by atoms with van der Waals surface area (Å²) in [5, 5.41) is 2.88. The monoisotopic (exact) mass is 398 g/mol. The molecular weight excluding hydrogens is 368 g/mol. The molecule has 0 unspecified atom stereocenters. The minimum absolute atomic E-state index is 0.00464. The molecule has 0 atom stereocenters. The minimum atomic E-state index is 0.00464. The van der Waals surface area contributed by atoms with Gasteiger partial charge in [-0.3, -0.25) is 4.79 Å². The summed E-state index contributed by atoms with van der Waals surface area (Å²) in [7, 11) is 0. The summed E-state index contributed by atoms with van der Waals surface area (Å²) in [5.74, 6) is 0.00464. The normalized spacial score (nSPS) is 11.3. The van der Waals surface area contributed by atoms with Crippen LogP contribution >= 0.6 is 0 Å². The molecule has 3 heteroatoms. The molecule has 0 aliphatic carbocycles. The molecule has 3 nitrogen and oxygen atoms in total. The zero-order chi connectivity index (χ0) is 21.5. The van der Waals surface area contributed by atoms with Crippen LogP contribution in [0.5, 0.6) is 0 Å². The molecule has 0 aliphatic rings. The second-order valence-corrected chi connectivity index (χ2v) is 7.48. The predicted molar refractivity (Wildman–Crippen MR) is 128 cm³/mol. The number of rotatable bonds is 7. The number of nitrogens with one attached hydrogen (secondary N) is 1. The predicted octanol–water partition coefficient (Wildman–Crippen LogP) is 6.70. The zero-order valence-electron chi connectivity index (χ0n) is 18.3. The highest BCUT2D eigenvalue weighted by Gasteiger charge is 2.12. The van der Waals surface area contributed by atoms with E-state index in [1.807, 2.05) is 19.9 Å². The van der Waals surface area contributed by atoms with Crippen LogP contribution in [0.3, 0.4) is 0 Å². The van der Waals surface area contributed by atoms with E-state index in [4.69, 9.17) is 0 Å². The molecule has 3 aromatic carbocycles. The van der Waals surface area contributed by atoms with E-state index in [0.29, 0.717) is 13.0 Å². The Morgan fingerprint density at radius 2 is 1.20 bits per heavy atom. The first kappa shape index (κ1) is 21.4. The molecule has 0 heterocycles. The summed E-state index contributed by atoms with van der Waals surface area (Å²) in [6.45, 7) is 8.77. The van der Waals surface area contributed by atoms with Gasteiger partial charge in [-0.2, -0.15) is 0 Å². The minimum Gasteiger partial charge on any atom is -0.353 e. The number of amides is 1. The number of nitrogens with zero attached hydrogens (tertiary/aromatic N) is 1. The van der Waals surface area contributed by atoms with Gasteiger partial charge < -0.3 is 10.2 Å². The first-order valence-electron chi connectivity index (χ1n) is 10.5. The highest BCUT2D eigenvalue weighted by atomic mass is 16.1. The number of carbonyl (C=O) groups is 1. The molecule has 154 valence electrons. The van der Waals surface area contributed by atoms with Crippen LogP contribution in [0.25, 0.3) is 6.08 Å². The number of hydrogen-bond donors (Lipinski definition) is 1. The Balaban J connectivity index is 1.97. The molecule has 1 amide bonds. The fraction of sp³-hybridized carbons (Fsp3) is 0.222. The summed E-state index contributed by atoms with van der Waals surface area (Å²) in [6.07, 6.45) is 2.67. The maximum absolute atomic E-state index is 12.2. The molecule has 0 fully saturated rings. The van der Waals surface area contributed by atoms with E-state index in [9.17, 15) is 4.79 Å². The molecule has 0 spiro atoms. The summed E-state index contributed by atoms with van der Waals surface area (Å²) in [4.78, 5) is 14.4. The molecule has 0 saturated carbocycles. The molecule has 0 saturated heterocycles. The molecule has 0 bridgehead atoms. The van der Waals surface area contributed by atoms with Crippen molar-refractivity contribution in [1.82, 2.24) is 5.32 Å². The average Bonchev–Trinajstić information content (AvgIpc) is 2.76. The van der Waals surface area contributed by atoms with Crippen LogP contribution in [-0.4, -0.2) is 12.5 Å². The van der Waals surface area contributed by atoms with Gasteiger partial charge >= 0.3 is 0 Å². The van der Waals surface area contributed by atoms with Crippen LogP contribution in [0.15, 0.2) is 78.4 Å². The maximum Gasteiger partial charge on any atom is 0.247 e. The molecule has 0 radical (unpaired) electrons. The number of benzene rings is 3. The standard InChI is InChI=1S/C27H30N2O/c1-5-23(27(30)28-6-2)19-22-11-17-26(18-12-22)29(24-13-7-20(3)8-14-24)25-15-9-21(4)10-16-25/h7-19H,5-6H2,1-4H3,(H,28,30)/b23-19-. The van der Waals surface area contributed by atoms with Gasteiger partial charge in [0.1, 0.15) is 0 Å². The van der Waals surface area contributed by atoms with Gasteiger partial charge in [0.25, 0.3) is 0 Å². The van der Waals surface area contributed by atoms with E-state index < -0.39 is 0 Å². The average molecular weight is 399 g/mol. The van der Waals surface area contributed by atoms with Gasteiger partial charge in [0, 0.05) is 29.2 Å². The van der Waals surface area contributed by atoms with Crippen molar-refractivity contribution in [2.45, 2.75) is 34.1 Å². The third-order valence-corrected chi connectivity index (χ3v) is 5.09. The number of hydrogen-bond acceptors (Lipinski definition) is 2. The molecule has 3 aromatic rings. The fourth-order valence-corrected chi connectivity index (χ4v) is 3.36. The van der Waals surface area contributed by atoms with Gasteiger partial charge in [-0.15, -0.1) is 0 Å². The number of aryl methyl sites for hydroxylation is 2. The van der Waals surface area contributed by atoms with E-state index in [-0.39, 0.29) is 5.91 Å². The van der Waals surface area contributed by atoms with E-state index in [1.165, 1.54) is 11.1 Å². The lowest BCUT2D eigenvalue weighted by molar-refractivity contribution is -0.117. The lowest BCUT2D eigenvalue weighted by Gasteiger charge is -2.26. The Labute approximate surface area is 180 Å². The molecular formula is C27H30N2O. The van der Waals surface area contributed by atoms with Crippen molar-refractivity contribution in [3.8, 4) is 0 Å². The van der Waals surface area contributed by atoms with Crippen LogP contribution in [0.4, 0.5) is 17.1 Å². The third-order valence-electron chi connectivity index (χ3n) is 5.09. The van der Waals surface area contributed by atoms with Gasteiger partial charge in [-0.05, 0) is 75.2 Å². The van der Waals surface area contributed by atoms with Crippen molar-refractivity contribution in [3.63, 3.8) is 0 Å². The first-order chi connectivity index (χ1) is 14.5. The molecule has 30 heavy (non-hydrogen) atoms. The quantitative estimate of drug-likeness (QED) is 0.449. The van der Waals surface area contributed by atoms with E-state index in [2.05, 4.69) is 96.9 Å². The van der Waals surface area contributed by atoms with Gasteiger partial charge in [0.2, 0.25) is 5.91 Å². The van der Waals surface area contributed by atoms with Crippen LogP contribution in [0.1, 0.15) is 37.0 Å². The first-order valence-corrected chi connectivity index (χ1v) is 10.5. The van der Waals surface area contributed by atoms with Crippen LogP contribution < -0.4 is 10.2 Å². The molecule has 1 N–H and O–H groups in total. The summed E-state index contributed by atoms with van der Waals surface area (Å²) >= 11 is 0. The Kier molecular flexibility index (Phi) is 7.08. The fourth-order valence-electron chi connectivity index (χ4n) is 3.36. The van der Waals surface area contributed by atoms with Crippen molar-refractivity contribution < 1.29 is 4.79 Å². The van der Waals surface area contributed by atoms with Crippen LogP contribution in [0.2, 0.25) is 0 Å². The third kappa shape index (κ3) is 5.18. The zero-order valence-corrected chi connectivity index (χ0v) is 18.3. The van der Waals surface area contributed by atoms with Crippen LogP contribution in [-0.2, 0) is 4.79 Å². The summed E-state index contributed by atoms with van der Waals surface area (Å²) in [5.41, 5.74) is 7.60. The van der Waals surface area contributed by atoms with Gasteiger partial charge in [0.15, 0.2) is 0 Å². The van der Waals surface area contributed by atoms with Crippen molar-refractivity contribution in [2.24, 2.45) is 0 Å². The van der Waals surface area contributed by atoms with Gasteiger partial charge in [-0.25, -0.2) is 0 Å². The SMILES string of the molecule is CCNC(=O)/C(=C\c1ccc(N(c2ccc(C)cc2)c2ccc(C)cc2)cc1)CC. The topological polar surface area (TPSA) is 32.3 Å². The highest BCUT2D eigenvalue weighted by molar-refractivity contribution is 5.97. The Morgan fingerprint density at radius 1 is 0.767 bits per heavy atom. The Bertz CT molecular complexity index is 955. The number of anilines is 3. The number of carbonyl (C=O) groups excluding carboxylic acids is 1. The molecule has 0 aromatic heterocycles. The van der Waals surface area contributed by atoms with Crippen molar-refractivity contribution in [2.75, 3.05) is 11.4 Å². The van der Waals surface area contributed by atoms with Crippen molar-refractivity contribution in [1.29, 1.82) is 0 Å². The van der Waals surface area contributed by atoms with E-state index in [1.54, 1.807) is 0 Å². The smallest absolute Gasteiger partial charge is 0.247 e. The Hall–Kier alpha value is -3.33. The van der Waals surface area contributed by atoms with Crippen LogP contribution in [0, 0.1) is 13.8 Å². The number of likely N-dealkylation sites (N-methyl/N-ethyl adjacent to an activating group) is 1.